The average Bonchev–Trinajstić information content (AvgIpc) is 2.90. The maximum absolute atomic E-state index is 12.1. The molecular weight excluding hydrogens is 320 g/mol. The first-order valence-corrected chi connectivity index (χ1v) is 8.68. The van der Waals surface area contributed by atoms with Crippen LogP contribution < -0.4 is 5.69 Å². The van der Waals surface area contributed by atoms with Crippen molar-refractivity contribution in [3.63, 3.8) is 0 Å². The van der Waals surface area contributed by atoms with Gasteiger partial charge in [-0.15, -0.1) is 0 Å². The van der Waals surface area contributed by atoms with Gasteiger partial charge in [0.2, 0.25) is 0 Å². The van der Waals surface area contributed by atoms with Gasteiger partial charge in [-0.05, 0) is 44.0 Å². The first kappa shape index (κ1) is 17.4. The monoisotopic (exact) mass is 344 g/mol. The predicted octanol–water partition coefficient (Wildman–Crippen LogP) is 1.68. The minimum Gasteiger partial charge on any atom is -0.478 e. The molecule has 0 amide bonds. The fourth-order valence-corrected chi connectivity index (χ4v) is 3.54. The van der Waals surface area contributed by atoms with Gasteiger partial charge in [0.1, 0.15) is 5.82 Å². The number of aromatic carboxylic acids is 1. The lowest BCUT2D eigenvalue weighted by molar-refractivity contribution is 0.0697. The molecule has 1 aliphatic heterocycles. The number of aromatic nitrogens is 3. The van der Waals surface area contributed by atoms with Crippen LogP contribution in [0.25, 0.3) is 0 Å². The summed E-state index contributed by atoms with van der Waals surface area (Å²) in [7, 11) is 1.70. The fraction of sp³-hybridized carbons (Fsp3) is 0.500. The van der Waals surface area contributed by atoms with E-state index in [0.717, 1.165) is 43.9 Å². The van der Waals surface area contributed by atoms with Crippen molar-refractivity contribution >= 4 is 5.97 Å². The van der Waals surface area contributed by atoms with Crippen LogP contribution in [-0.4, -0.2) is 43.4 Å². The highest BCUT2D eigenvalue weighted by Gasteiger charge is 2.26. The van der Waals surface area contributed by atoms with Crippen molar-refractivity contribution in [1.29, 1.82) is 0 Å². The molecule has 1 N–H and O–H groups in total. The zero-order valence-electron chi connectivity index (χ0n) is 14.7. The lowest BCUT2D eigenvalue weighted by Crippen LogP contribution is -2.35. The highest BCUT2D eigenvalue weighted by Crippen LogP contribution is 2.26. The number of hydrogen-bond donors (Lipinski definition) is 1. The van der Waals surface area contributed by atoms with Gasteiger partial charge in [-0.2, -0.15) is 5.10 Å². The second-order valence-corrected chi connectivity index (χ2v) is 6.58. The van der Waals surface area contributed by atoms with Crippen LogP contribution in [0.5, 0.6) is 0 Å². The van der Waals surface area contributed by atoms with Gasteiger partial charge in [-0.1, -0.05) is 12.1 Å². The number of carboxylic acid groups (broad SMARTS) is 1. The Bertz CT molecular complexity index is 807. The number of likely N-dealkylation sites (tertiary alicyclic amines) is 1. The Kier molecular flexibility index (Phi) is 5.03. The molecule has 1 atom stereocenters. The Morgan fingerprint density at radius 3 is 2.68 bits per heavy atom. The van der Waals surface area contributed by atoms with E-state index in [4.69, 9.17) is 5.11 Å². The highest BCUT2D eigenvalue weighted by atomic mass is 16.4. The largest absolute Gasteiger partial charge is 0.478 e. The van der Waals surface area contributed by atoms with Crippen molar-refractivity contribution in [1.82, 2.24) is 19.2 Å². The molecule has 0 bridgehead atoms. The standard InChI is InChI=1S/C18H24N4O3/c1-3-22-16(19-20(2)18(22)25)15-5-4-10-21(12-15)11-13-6-8-14(9-7-13)17(23)24/h6-9,15H,3-5,10-12H2,1-2H3,(H,23,24)/t15-/m0/s1. The van der Waals surface area contributed by atoms with Gasteiger partial charge in [0.15, 0.2) is 0 Å². The Labute approximate surface area is 146 Å². The summed E-state index contributed by atoms with van der Waals surface area (Å²) in [6.07, 6.45) is 2.09. The molecule has 0 radical (unpaired) electrons. The summed E-state index contributed by atoms with van der Waals surface area (Å²) in [6.45, 7) is 5.24. The van der Waals surface area contributed by atoms with Crippen molar-refractivity contribution in [2.45, 2.75) is 38.8 Å². The van der Waals surface area contributed by atoms with E-state index in [9.17, 15) is 9.59 Å². The molecule has 0 aliphatic carbocycles. The van der Waals surface area contributed by atoms with Crippen LogP contribution in [0.2, 0.25) is 0 Å². The van der Waals surface area contributed by atoms with Crippen molar-refractivity contribution in [2.75, 3.05) is 13.1 Å². The Hall–Kier alpha value is -2.41. The van der Waals surface area contributed by atoms with Crippen molar-refractivity contribution in [3.8, 4) is 0 Å². The molecule has 134 valence electrons. The molecule has 0 saturated carbocycles. The smallest absolute Gasteiger partial charge is 0.345 e. The molecule has 7 heteroatoms. The van der Waals surface area contributed by atoms with E-state index in [1.165, 1.54) is 4.68 Å². The second-order valence-electron chi connectivity index (χ2n) is 6.58. The lowest BCUT2D eigenvalue weighted by Gasteiger charge is -2.32. The molecule has 2 heterocycles. The molecule has 1 aromatic carbocycles. The minimum absolute atomic E-state index is 0.0566. The molecule has 0 unspecified atom stereocenters. The number of hydrogen-bond acceptors (Lipinski definition) is 4. The molecule has 25 heavy (non-hydrogen) atoms. The van der Waals surface area contributed by atoms with Gasteiger partial charge in [0.05, 0.1) is 5.56 Å². The maximum atomic E-state index is 12.1. The number of carboxylic acids is 1. The van der Waals surface area contributed by atoms with Crippen LogP contribution in [-0.2, 0) is 20.1 Å². The molecule has 1 fully saturated rings. The van der Waals surface area contributed by atoms with E-state index in [-0.39, 0.29) is 11.6 Å². The first-order chi connectivity index (χ1) is 12.0. The summed E-state index contributed by atoms with van der Waals surface area (Å²) in [4.78, 5) is 25.4. The number of benzene rings is 1. The van der Waals surface area contributed by atoms with Gasteiger partial charge < -0.3 is 5.11 Å². The highest BCUT2D eigenvalue weighted by molar-refractivity contribution is 5.87. The maximum Gasteiger partial charge on any atom is 0.345 e. The summed E-state index contributed by atoms with van der Waals surface area (Å²) in [6, 6.07) is 7.03. The van der Waals surface area contributed by atoms with E-state index in [1.807, 2.05) is 19.1 Å². The van der Waals surface area contributed by atoms with Gasteiger partial charge in [0.25, 0.3) is 0 Å². The average molecular weight is 344 g/mol. The van der Waals surface area contributed by atoms with Gasteiger partial charge in [-0.3, -0.25) is 9.47 Å². The quantitative estimate of drug-likeness (QED) is 0.893. The predicted molar refractivity (Wildman–Crippen MR) is 93.8 cm³/mol. The summed E-state index contributed by atoms with van der Waals surface area (Å²) in [5.41, 5.74) is 1.35. The molecule has 3 rings (SSSR count). The molecule has 7 nitrogen and oxygen atoms in total. The van der Waals surface area contributed by atoms with Crippen LogP contribution in [0.3, 0.4) is 0 Å². The molecule has 0 spiro atoms. The van der Waals surface area contributed by atoms with Crippen LogP contribution in [0, 0.1) is 0 Å². The summed E-state index contributed by atoms with van der Waals surface area (Å²) < 4.78 is 3.18. The van der Waals surface area contributed by atoms with E-state index >= 15 is 0 Å². The van der Waals surface area contributed by atoms with Gasteiger partial charge in [0, 0.05) is 32.6 Å². The van der Waals surface area contributed by atoms with E-state index in [2.05, 4.69) is 10.00 Å². The van der Waals surface area contributed by atoms with Gasteiger partial charge >= 0.3 is 11.7 Å². The lowest BCUT2D eigenvalue weighted by atomic mass is 9.96. The first-order valence-electron chi connectivity index (χ1n) is 8.68. The topological polar surface area (TPSA) is 80.4 Å². The Balaban J connectivity index is 1.72. The van der Waals surface area contributed by atoms with Crippen molar-refractivity contribution in [3.05, 3.63) is 51.7 Å². The summed E-state index contributed by atoms with van der Waals surface area (Å²) in [5.74, 6) is 0.221. The zero-order chi connectivity index (χ0) is 18.0. The van der Waals surface area contributed by atoms with Crippen LogP contribution >= 0.6 is 0 Å². The summed E-state index contributed by atoms with van der Waals surface area (Å²) >= 11 is 0. The number of rotatable bonds is 5. The Morgan fingerprint density at radius 2 is 2.04 bits per heavy atom. The second kappa shape index (κ2) is 7.23. The van der Waals surface area contributed by atoms with E-state index < -0.39 is 5.97 Å². The number of carbonyl (C=O) groups is 1. The Morgan fingerprint density at radius 1 is 1.32 bits per heavy atom. The molecule has 2 aromatic rings. The third-order valence-corrected chi connectivity index (χ3v) is 4.83. The zero-order valence-corrected chi connectivity index (χ0v) is 14.7. The van der Waals surface area contributed by atoms with Crippen LogP contribution in [0.1, 0.15) is 47.4 Å². The number of piperidine rings is 1. The van der Waals surface area contributed by atoms with Crippen molar-refractivity contribution < 1.29 is 9.90 Å². The van der Waals surface area contributed by atoms with Crippen LogP contribution in [0.4, 0.5) is 0 Å². The third kappa shape index (κ3) is 3.66. The fourth-order valence-electron chi connectivity index (χ4n) is 3.54. The number of nitrogens with zero attached hydrogens (tertiary/aromatic N) is 4. The van der Waals surface area contributed by atoms with Crippen LogP contribution in [0.15, 0.2) is 29.1 Å². The normalized spacial score (nSPS) is 18.4. The number of aryl methyl sites for hydroxylation is 1. The molecule has 1 saturated heterocycles. The molecular formula is C18H24N4O3. The SMILES string of the molecule is CCn1c([C@H]2CCCN(Cc3ccc(C(=O)O)cc3)C2)nn(C)c1=O. The van der Waals surface area contributed by atoms with E-state index in [1.54, 1.807) is 23.7 Å². The molecule has 1 aromatic heterocycles. The van der Waals surface area contributed by atoms with E-state index in [0.29, 0.717) is 12.1 Å². The molecule has 1 aliphatic rings. The van der Waals surface area contributed by atoms with Gasteiger partial charge in [-0.25, -0.2) is 14.3 Å². The summed E-state index contributed by atoms with van der Waals surface area (Å²) in [5, 5.41) is 13.4. The third-order valence-electron chi connectivity index (χ3n) is 4.83. The minimum atomic E-state index is -0.905. The van der Waals surface area contributed by atoms with Crippen molar-refractivity contribution in [2.24, 2.45) is 7.05 Å².